The first-order valence-corrected chi connectivity index (χ1v) is 5.86. The van der Waals surface area contributed by atoms with Crippen LogP contribution in [0.4, 0.5) is 11.5 Å². The molecule has 1 aromatic carbocycles. The maximum atomic E-state index is 11.1. The minimum Gasteiger partial charge on any atom is -0.477 e. The van der Waals surface area contributed by atoms with Crippen LogP contribution in [0.15, 0.2) is 37.1 Å². The van der Waals surface area contributed by atoms with Crippen molar-refractivity contribution in [2.75, 3.05) is 5.32 Å². The third kappa shape index (κ3) is 2.05. The zero-order valence-electron chi connectivity index (χ0n) is 10.6. The van der Waals surface area contributed by atoms with Crippen LogP contribution in [-0.2, 0) is 7.05 Å². The maximum absolute atomic E-state index is 11.1. The summed E-state index contributed by atoms with van der Waals surface area (Å²) in [6.07, 6.45) is 4.28. The van der Waals surface area contributed by atoms with Crippen molar-refractivity contribution in [2.45, 2.75) is 0 Å². The van der Waals surface area contributed by atoms with E-state index in [0.717, 1.165) is 16.7 Å². The maximum Gasteiger partial charge on any atom is 0.341 e. The first kappa shape index (κ1) is 12.1. The number of carbonyl (C=O) groups is 1. The number of aromatic carboxylic acids is 1. The van der Waals surface area contributed by atoms with Crippen molar-refractivity contribution >= 4 is 28.5 Å². The van der Waals surface area contributed by atoms with E-state index in [1.165, 1.54) is 12.5 Å². The Hall–Kier alpha value is -2.96. The summed E-state index contributed by atoms with van der Waals surface area (Å²) in [5.74, 6) is -0.824. The molecule has 7 heteroatoms. The monoisotopic (exact) mass is 269 g/mol. The molecule has 0 amide bonds. The van der Waals surface area contributed by atoms with E-state index in [-0.39, 0.29) is 11.4 Å². The number of fused-ring (bicyclic) bond motifs is 1. The molecule has 2 heterocycles. The van der Waals surface area contributed by atoms with Gasteiger partial charge < -0.3 is 15.0 Å². The fraction of sp³-hybridized carbons (Fsp3) is 0.0769. The molecule has 0 saturated heterocycles. The number of hydrogen-bond donors (Lipinski definition) is 2. The summed E-state index contributed by atoms with van der Waals surface area (Å²) >= 11 is 0. The molecule has 2 aromatic heterocycles. The Morgan fingerprint density at radius 3 is 3.00 bits per heavy atom. The normalized spacial score (nSPS) is 10.7. The van der Waals surface area contributed by atoms with Gasteiger partial charge in [-0.1, -0.05) is 0 Å². The van der Waals surface area contributed by atoms with Gasteiger partial charge in [0.05, 0.1) is 17.4 Å². The van der Waals surface area contributed by atoms with Gasteiger partial charge in [-0.05, 0) is 18.2 Å². The van der Waals surface area contributed by atoms with Gasteiger partial charge >= 0.3 is 5.97 Å². The largest absolute Gasteiger partial charge is 0.477 e. The second kappa shape index (κ2) is 4.61. The number of aromatic nitrogens is 4. The lowest BCUT2D eigenvalue weighted by molar-refractivity contribution is 0.0697. The first-order chi connectivity index (χ1) is 9.65. The second-order valence-electron chi connectivity index (χ2n) is 4.27. The Bertz CT molecular complexity index is 796. The highest BCUT2D eigenvalue weighted by Crippen LogP contribution is 2.21. The van der Waals surface area contributed by atoms with E-state index in [0.29, 0.717) is 0 Å². The van der Waals surface area contributed by atoms with Crippen LogP contribution in [0.3, 0.4) is 0 Å². The van der Waals surface area contributed by atoms with Gasteiger partial charge in [-0.25, -0.2) is 19.7 Å². The third-order valence-corrected chi connectivity index (χ3v) is 2.93. The molecule has 2 N–H and O–H groups in total. The van der Waals surface area contributed by atoms with Gasteiger partial charge in [-0.3, -0.25) is 0 Å². The van der Waals surface area contributed by atoms with E-state index in [1.54, 1.807) is 6.33 Å². The van der Waals surface area contributed by atoms with Crippen molar-refractivity contribution in [2.24, 2.45) is 7.05 Å². The fourth-order valence-electron chi connectivity index (χ4n) is 1.94. The number of carboxylic acid groups (broad SMARTS) is 1. The van der Waals surface area contributed by atoms with E-state index < -0.39 is 5.97 Å². The van der Waals surface area contributed by atoms with E-state index in [2.05, 4.69) is 20.3 Å². The summed E-state index contributed by atoms with van der Waals surface area (Å²) in [7, 11) is 1.91. The highest BCUT2D eigenvalue weighted by molar-refractivity contribution is 5.93. The molecule has 0 fully saturated rings. The highest BCUT2D eigenvalue weighted by Gasteiger charge is 2.12. The molecule has 20 heavy (non-hydrogen) atoms. The van der Waals surface area contributed by atoms with Gasteiger partial charge in [-0.2, -0.15) is 0 Å². The van der Waals surface area contributed by atoms with E-state index in [4.69, 9.17) is 5.11 Å². The van der Waals surface area contributed by atoms with E-state index >= 15 is 0 Å². The van der Waals surface area contributed by atoms with Crippen LogP contribution in [0.25, 0.3) is 11.0 Å². The molecule has 0 aliphatic carbocycles. The quantitative estimate of drug-likeness (QED) is 0.753. The number of nitrogens with one attached hydrogen (secondary N) is 1. The van der Waals surface area contributed by atoms with Crippen molar-refractivity contribution in [3.63, 3.8) is 0 Å². The number of benzene rings is 1. The van der Waals surface area contributed by atoms with Crippen molar-refractivity contribution in [3.8, 4) is 0 Å². The van der Waals surface area contributed by atoms with Crippen LogP contribution in [-0.4, -0.2) is 30.6 Å². The van der Waals surface area contributed by atoms with Crippen molar-refractivity contribution in [1.29, 1.82) is 0 Å². The standard InChI is InChI=1S/C13H11N5O2/c1-18-7-16-10-4-8(2-3-11(10)18)17-12-9(13(19)20)5-14-6-15-12/h2-7H,1H3,(H,19,20)(H,14,15,17). The fourth-order valence-corrected chi connectivity index (χ4v) is 1.94. The van der Waals surface area contributed by atoms with E-state index in [1.807, 2.05) is 29.8 Å². The van der Waals surface area contributed by atoms with Crippen molar-refractivity contribution in [3.05, 3.63) is 42.6 Å². The summed E-state index contributed by atoms with van der Waals surface area (Å²) < 4.78 is 1.91. The Morgan fingerprint density at radius 1 is 1.35 bits per heavy atom. The molecule has 0 unspecified atom stereocenters. The summed E-state index contributed by atoms with van der Waals surface area (Å²) in [5.41, 5.74) is 2.56. The van der Waals surface area contributed by atoms with Crippen LogP contribution < -0.4 is 5.32 Å². The smallest absolute Gasteiger partial charge is 0.341 e. The number of imidazole rings is 1. The Balaban J connectivity index is 1.99. The zero-order chi connectivity index (χ0) is 14.1. The third-order valence-electron chi connectivity index (χ3n) is 2.93. The van der Waals surface area contributed by atoms with Gasteiger partial charge in [-0.15, -0.1) is 0 Å². The SMILES string of the molecule is Cn1cnc2cc(Nc3ncncc3C(=O)O)ccc21. The summed E-state index contributed by atoms with van der Waals surface area (Å²) in [5, 5.41) is 12.1. The topological polar surface area (TPSA) is 92.9 Å². The predicted molar refractivity (Wildman–Crippen MR) is 73.0 cm³/mol. The molecule has 0 saturated carbocycles. The average Bonchev–Trinajstić information content (AvgIpc) is 2.80. The molecule has 0 aliphatic rings. The van der Waals surface area contributed by atoms with Gasteiger partial charge in [0.2, 0.25) is 0 Å². The Labute approximate surface area is 113 Å². The molecule has 0 bridgehead atoms. The average molecular weight is 269 g/mol. The molecule has 100 valence electrons. The van der Waals surface area contributed by atoms with Crippen LogP contribution in [0.5, 0.6) is 0 Å². The molecular weight excluding hydrogens is 258 g/mol. The summed E-state index contributed by atoms with van der Waals surface area (Å²) in [4.78, 5) is 23.0. The lowest BCUT2D eigenvalue weighted by atomic mass is 10.2. The number of anilines is 2. The summed E-state index contributed by atoms with van der Waals surface area (Å²) in [6.45, 7) is 0. The minimum atomic E-state index is -1.08. The van der Waals surface area contributed by atoms with Crippen LogP contribution in [0, 0.1) is 0 Å². The Morgan fingerprint density at radius 2 is 2.20 bits per heavy atom. The van der Waals surface area contributed by atoms with Gasteiger partial charge in [0.15, 0.2) is 0 Å². The van der Waals surface area contributed by atoms with Gasteiger partial charge in [0.25, 0.3) is 0 Å². The van der Waals surface area contributed by atoms with Crippen LogP contribution >= 0.6 is 0 Å². The molecule has 7 nitrogen and oxygen atoms in total. The lowest BCUT2D eigenvalue weighted by Crippen LogP contribution is -2.05. The number of carboxylic acids is 1. The number of aryl methyl sites for hydroxylation is 1. The predicted octanol–water partition coefficient (Wildman–Crippen LogP) is 1.81. The number of nitrogens with zero attached hydrogens (tertiary/aromatic N) is 4. The molecule has 3 aromatic rings. The molecule has 0 spiro atoms. The Kier molecular flexibility index (Phi) is 2.79. The molecule has 0 atom stereocenters. The van der Waals surface area contributed by atoms with Gasteiger partial charge in [0, 0.05) is 18.9 Å². The molecule has 0 radical (unpaired) electrons. The van der Waals surface area contributed by atoms with Gasteiger partial charge in [0.1, 0.15) is 17.7 Å². The number of hydrogen-bond acceptors (Lipinski definition) is 5. The first-order valence-electron chi connectivity index (χ1n) is 5.86. The molecule has 3 rings (SSSR count). The molecular formula is C13H11N5O2. The van der Waals surface area contributed by atoms with E-state index in [9.17, 15) is 4.79 Å². The zero-order valence-corrected chi connectivity index (χ0v) is 10.6. The second-order valence-corrected chi connectivity index (χ2v) is 4.27. The minimum absolute atomic E-state index is 0.0219. The van der Waals surface area contributed by atoms with Crippen LogP contribution in [0.2, 0.25) is 0 Å². The number of rotatable bonds is 3. The van der Waals surface area contributed by atoms with Crippen molar-refractivity contribution < 1.29 is 9.90 Å². The molecule has 0 aliphatic heterocycles. The summed E-state index contributed by atoms with van der Waals surface area (Å²) in [6, 6.07) is 5.59. The highest BCUT2D eigenvalue weighted by atomic mass is 16.4. The van der Waals surface area contributed by atoms with Crippen LogP contribution in [0.1, 0.15) is 10.4 Å². The van der Waals surface area contributed by atoms with Crippen molar-refractivity contribution in [1.82, 2.24) is 19.5 Å². The lowest BCUT2D eigenvalue weighted by Gasteiger charge is -2.07.